The minimum absolute atomic E-state index is 0.909. The van der Waals surface area contributed by atoms with Gasteiger partial charge in [0, 0.05) is 17.6 Å². The van der Waals surface area contributed by atoms with Crippen molar-refractivity contribution in [3.63, 3.8) is 0 Å². The molecule has 1 N–H and O–H groups in total. The summed E-state index contributed by atoms with van der Waals surface area (Å²) in [5.41, 5.74) is 5.45. The number of nitrogens with one attached hydrogen (secondary N) is 1. The average molecular weight is 318 g/mol. The molecule has 0 saturated heterocycles. The van der Waals surface area contributed by atoms with E-state index in [-0.39, 0.29) is 0 Å². The topological polar surface area (TPSA) is 12.0 Å². The molecule has 0 aromatic heterocycles. The maximum Gasteiger partial charge on any atom is 0.0211 e. The Bertz CT molecular complexity index is 549. The van der Waals surface area contributed by atoms with Crippen LogP contribution in [-0.2, 0) is 19.5 Å². The fraction of sp³-hybridized carbons (Fsp3) is 0.294. The van der Waals surface area contributed by atoms with E-state index >= 15 is 0 Å². The van der Waals surface area contributed by atoms with Gasteiger partial charge < -0.3 is 5.32 Å². The lowest BCUT2D eigenvalue weighted by molar-refractivity contribution is 0.688. The van der Waals surface area contributed by atoms with Crippen molar-refractivity contribution in [3.8, 4) is 0 Å². The average Bonchev–Trinajstić information content (AvgIpc) is 2.43. The van der Waals surface area contributed by atoms with Crippen molar-refractivity contribution >= 4 is 15.9 Å². The summed E-state index contributed by atoms with van der Waals surface area (Å²) in [6, 6.07) is 15.1. The normalized spacial score (nSPS) is 10.7. The minimum Gasteiger partial charge on any atom is -0.309 e. The van der Waals surface area contributed by atoms with Crippen molar-refractivity contribution in [2.75, 3.05) is 0 Å². The molecule has 0 radical (unpaired) electrons. The molecule has 0 bridgehead atoms. The van der Waals surface area contributed by atoms with Gasteiger partial charge in [-0.1, -0.05) is 59.3 Å². The summed E-state index contributed by atoms with van der Waals surface area (Å²) >= 11 is 3.53. The summed E-state index contributed by atoms with van der Waals surface area (Å²) in [6.45, 7) is 6.17. The Hall–Kier alpha value is -1.12. The molecule has 0 amide bonds. The van der Waals surface area contributed by atoms with Gasteiger partial charge in [-0.15, -0.1) is 0 Å². The van der Waals surface area contributed by atoms with Crippen LogP contribution in [0.2, 0.25) is 0 Å². The Morgan fingerprint density at radius 1 is 1.00 bits per heavy atom. The quantitative estimate of drug-likeness (QED) is 0.849. The van der Waals surface area contributed by atoms with Gasteiger partial charge >= 0.3 is 0 Å². The second-order valence-corrected chi connectivity index (χ2v) is 5.66. The number of halogens is 1. The molecule has 19 heavy (non-hydrogen) atoms. The standard InChI is InChI=1S/C17H20BrN/c1-3-15-6-4-5-7-16(15)12-19-11-14-8-9-17(18)13(2)10-14/h4-10,19H,3,11-12H2,1-2H3. The molecule has 0 spiro atoms. The lowest BCUT2D eigenvalue weighted by Gasteiger charge is -2.10. The third-order valence-corrected chi connectivity index (χ3v) is 4.26. The van der Waals surface area contributed by atoms with E-state index in [1.807, 2.05) is 0 Å². The maximum atomic E-state index is 3.53. The van der Waals surface area contributed by atoms with Gasteiger partial charge in [-0.2, -0.15) is 0 Å². The van der Waals surface area contributed by atoms with Crippen molar-refractivity contribution in [3.05, 3.63) is 69.2 Å². The molecule has 0 aliphatic heterocycles. The molecule has 1 nitrogen and oxygen atoms in total. The second kappa shape index (κ2) is 6.88. The summed E-state index contributed by atoms with van der Waals surface area (Å²) in [4.78, 5) is 0. The molecule has 0 aliphatic carbocycles. The van der Waals surface area contributed by atoms with Gasteiger partial charge in [0.2, 0.25) is 0 Å². The van der Waals surface area contributed by atoms with E-state index in [0.717, 1.165) is 19.5 Å². The first-order valence-corrected chi connectivity index (χ1v) is 7.52. The number of rotatable bonds is 5. The largest absolute Gasteiger partial charge is 0.309 e. The molecule has 0 atom stereocenters. The van der Waals surface area contributed by atoms with Gasteiger partial charge in [-0.05, 0) is 41.7 Å². The smallest absolute Gasteiger partial charge is 0.0211 e. The Kier molecular flexibility index (Phi) is 5.17. The van der Waals surface area contributed by atoms with Crippen LogP contribution in [-0.4, -0.2) is 0 Å². The van der Waals surface area contributed by atoms with E-state index in [9.17, 15) is 0 Å². The molecule has 2 rings (SSSR count). The van der Waals surface area contributed by atoms with Crippen LogP contribution in [0.3, 0.4) is 0 Å². The third-order valence-electron chi connectivity index (χ3n) is 3.37. The number of hydrogen-bond donors (Lipinski definition) is 1. The predicted molar refractivity (Wildman–Crippen MR) is 85.2 cm³/mol. The maximum absolute atomic E-state index is 3.53. The molecule has 0 saturated carbocycles. The highest BCUT2D eigenvalue weighted by molar-refractivity contribution is 9.10. The van der Waals surface area contributed by atoms with E-state index in [2.05, 4.69) is 77.6 Å². The predicted octanol–water partition coefficient (Wildman–Crippen LogP) is 4.61. The van der Waals surface area contributed by atoms with Crippen molar-refractivity contribution in [2.45, 2.75) is 33.4 Å². The van der Waals surface area contributed by atoms with Gasteiger partial charge in [-0.3, -0.25) is 0 Å². The molecule has 2 aromatic carbocycles. The third kappa shape index (κ3) is 3.92. The van der Waals surface area contributed by atoms with Crippen LogP contribution >= 0.6 is 15.9 Å². The van der Waals surface area contributed by atoms with E-state index in [1.165, 1.54) is 26.7 Å². The van der Waals surface area contributed by atoms with Crippen LogP contribution in [0.5, 0.6) is 0 Å². The van der Waals surface area contributed by atoms with Crippen molar-refractivity contribution < 1.29 is 0 Å². The highest BCUT2D eigenvalue weighted by Crippen LogP contribution is 2.17. The molecule has 0 fully saturated rings. The van der Waals surface area contributed by atoms with E-state index in [4.69, 9.17) is 0 Å². The van der Waals surface area contributed by atoms with Crippen molar-refractivity contribution in [1.29, 1.82) is 0 Å². The van der Waals surface area contributed by atoms with E-state index in [0.29, 0.717) is 0 Å². The van der Waals surface area contributed by atoms with Gasteiger partial charge in [0.15, 0.2) is 0 Å². The first-order chi connectivity index (χ1) is 9.20. The van der Waals surface area contributed by atoms with Gasteiger partial charge in [0.05, 0.1) is 0 Å². The lowest BCUT2D eigenvalue weighted by Crippen LogP contribution is -2.14. The summed E-state index contributed by atoms with van der Waals surface area (Å²) in [7, 11) is 0. The molecular weight excluding hydrogens is 298 g/mol. The summed E-state index contributed by atoms with van der Waals surface area (Å²) < 4.78 is 1.17. The zero-order valence-corrected chi connectivity index (χ0v) is 13.1. The van der Waals surface area contributed by atoms with E-state index < -0.39 is 0 Å². The Morgan fingerprint density at radius 3 is 2.42 bits per heavy atom. The van der Waals surface area contributed by atoms with Crippen LogP contribution in [0.4, 0.5) is 0 Å². The van der Waals surface area contributed by atoms with Crippen molar-refractivity contribution in [2.24, 2.45) is 0 Å². The monoisotopic (exact) mass is 317 g/mol. The molecule has 2 aromatic rings. The Balaban J connectivity index is 1.94. The summed E-state index contributed by atoms with van der Waals surface area (Å²) in [6.07, 6.45) is 1.09. The number of benzene rings is 2. The SMILES string of the molecule is CCc1ccccc1CNCc1ccc(Br)c(C)c1. The molecular formula is C17H20BrN. The van der Waals surface area contributed by atoms with Crippen LogP contribution in [0, 0.1) is 6.92 Å². The zero-order chi connectivity index (χ0) is 13.7. The molecule has 0 unspecified atom stereocenters. The van der Waals surface area contributed by atoms with Gasteiger partial charge in [0.25, 0.3) is 0 Å². The molecule has 0 heterocycles. The first-order valence-electron chi connectivity index (χ1n) is 6.73. The first kappa shape index (κ1) is 14.3. The fourth-order valence-electron chi connectivity index (χ4n) is 2.23. The highest BCUT2D eigenvalue weighted by atomic mass is 79.9. The van der Waals surface area contributed by atoms with E-state index in [1.54, 1.807) is 0 Å². The van der Waals surface area contributed by atoms with Gasteiger partial charge in [0.1, 0.15) is 0 Å². The second-order valence-electron chi connectivity index (χ2n) is 4.81. The van der Waals surface area contributed by atoms with Crippen LogP contribution in [0.1, 0.15) is 29.2 Å². The Labute approximate surface area is 124 Å². The van der Waals surface area contributed by atoms with Crippen LogP contribution in [0.25, 0.3) is 0 Å². The lowest BCUT2D eigenvalue weighted by atomic mass is 10.1. The van der Waals surface area contributed by atoms with Crippen LogP contribution in [0.15, 0.2) is 46.9 Å². The number of aryl methyl sites for hydroxylation is 2. The Morgan fingerprint density at radius 2 is 1.74 bits per heavy atom. The zero-order valence-electron chi connectivity index (χ0n) is 11.5. The molecule has 0 aliphatic rings. The molecule has 100 valence electrons. The minimum atomic E-state index is 0.909. The fourth-order valence-corrected chi connectivity index (χ4v) is 2.48. The number of hydrogen-bond acceptors (Lipinski definition) is 1. The summed E-state index contributed by atoms with van der Waals surface area (Å²) in [5.74, 6) is 0. The molecule has 2 heteroatoms. The highest BCUT2D eigenvalue weighted by Gasteiger charge is 2.00. The summed E-state index contributed by atoms with van der Waals surface area (Å²) in [5, 5.41) is 3.52. The van der Waals surface area contributed by atoms with Gasteiger partial charge in [-0.25, -0.2) is 0 Å². The van der Waals surface area contributed by atoms with Crippen LogP contribution < -0.4 is 5.32 Å². The van der Waals surface area contributed by atoms with Crippen molar-refractivity contribution in [1.82, 2.24) is 5.32 Å².